The molecule has 1 aromatic heterocycles. The van der Waals surface area contributed by atoms with Crippen LogP contribution in [0, 0.1) is 0 Å². The van der Waals surface area contributed by atoms with Crippen molar-refractivity contribution in [3.05, 3.63) is 29.3 Å². The summed E-state index contributed by atoms with van der Waals surface area (Å²) in [6.45, 7) is -5.08. The standard InChI is InChI=1S/C8H4BClF3O/c10-6-1-2-7-5(3-6)4-8(14-7)9(11,12)13/h1-4H/q-1. The highest BCUT2D eigenvalue weighted by Gasteiger charge is 2.30. The molecule has 1 heterocycles. The number of rotatable bonds is 1. The molecule has 0 saturated carbocycles. The van der Waals surface area contributed by atoms with Crippen molar-refractivity contribution in [2.45, 2.75) is 0 Å². The molecule has 0 atom stereocenters. The van der Waals surface area contributed by atoms with Gasteiger partial charge in [0.25, 0.3) is 0 Å². The SMILES string of the molecule is F[B-](F)(F)c1cc2cc(Cl)ccc2o1. The quantitative estimate of drug-likeness (QED) is 0.672. The molecule has 0 fully saturated rings. The van der Waals surface area contributed by atoms with Crippen molar-refractivity contribution < 1.29 is 17.4 Å². The minimum atomic E-state index is -5.08. The molecule has 0 aliphatic heterocycles. The van der Waals surface area contributed by atoms with Gasteiger partial charge >= 0.3 is 6.98 Å². The maximum Gasteiger partial charge on any atom is 0.544 e. The molecule has 0 radical (unpaired) electrons. The summed E-state index contributed by atoms with van der Waals surface area (Å²) in [5, 5.41) is 0.756. The highest BCUT2D eigenvalue weighted by molar-refractivity contribution is 6.72. The first kappa shape index (κ1) is 9.46. The number of fused-ring (bicyclic) bond motifs is 1. The lowest BCUT2D eigenvalue weighted by Crippen LogP contribution is -2.32. The largest absolute Gasteiger partial charge is 0.544 e. The van der Waals surface area contributed by atoms with Crippen molar-refractivity contribution in [1.82, 2.24) is 0 Å². The van der Waals surface area contributed by atoms with Gasteiger partial charge < -0.3 is 17.4 Å². The van der Waals surface area contributed by atoms with Gasteiger partial charge in [-0.05, 0) is 24.3 Å². The second-order valence-electron chi connectivity index (χ2n) is 2.91. The molecule has 0 unspecified atom stereocenters. The van der Waals surface area contributed by atoms with Crippen molar-refractivity contribution in [3.63, 3.8) is 0 Å². The van der Waals surface area contributed by atoms with E-state index in [1.165, 1.54) is 18.2 Å². The monoisotopic (exact) mass is 219 g/mol. The molecule has 6 heteroatoms. The van der Waals surface area contributed by atoms with Crippen LogP contribution in [0.3, 0.4) is 0 Å². The number of benzene rings is 1. The van der Waals surface area contributed by atoms with Crippen LogP contribution in [0.1, 0.15) is 0 Å². The molecule has 1 aromatic carbocycles. The molecule has 1 nitrogen and oxygen atoms in total. The number of halogens is 4. The third kappa shape index (κ3) is 1.59. The molecular weight excluding hydrogens is 215 g/mol. The Morgan fingerprint density at radius 2 is 1.86 bits per heavy atom. The van der Waals surface area contributed by atoms with Gasteiger partial charge in [0, 0.05) is 16.1 Å². The molecule has 74 valence electrons. The van der Waals surface area contributed by atoms with Crippen LogP contribution in [0.2, 0.25) is 5.02 Å². The Kier molecular flexibility index (Phi) is 1.99. The van der Waals surface area contributed by atoms with Gasteiger partial charge in [-0.15, -0.1) is 0 Å². The summed E-state index contributed by atoms with van der Waals surface area (Å²) >= 11 is 5.62. The highest BCUT2D eigenvalue weighted by Crippen LogP contribution is 2.21. The Balaban J connectivity index is 2.63. The predicted molar refractivity (Wildman–Crippen MR) is 49.9 cm³/mol. The van der Waals surface area contributed by atoms with Crippen LogP contribution < -0.4 is 5.66 Å². The summed E-state index contributed by atoms with van der Waals surface area (Å²) in [4.78, 5) is 0. The van der Waals surface area contributed by atoms with Crippen molar-refractivity contribution >= 4 is 35.2 Å². The van der Waals surface area contributed by atoms with Gasteiger partial charge in [0.05, 0.1) is 0 Å². The van der Waals surface area contributed by atoms with E-state index in [0.717, 1.165) is 6.07 Å². The summed E-state index contributed by atoms with van der Waals surface area (Å²) in [6, 6.07) is 5.30. The second-order valence-corrected chi connectivity index (χ2v) is 3.34. The van der Waals surface area contributed by atoms with Gasteiger partial charge in [0.1, 0.15) is 5.58 Å². The van der Waals surface area contributed by atoms with Crippen LogP contribution in [-0.4, -0.2) is 6.98 Å². The Bertz CT molecular complexity index is 477. The lowest BCUT2D eigenvalue weighted by atomic mass is 9.88. The zero-order valence-electron chi connectivity index (χ0n) is 6.81. The number of furan rings is 1. The fourth-order valence-electron chi connectivity index (χ4n) is 1.20. The smallest absolute Gasteiger partial charge is 0.493 e. The first-order chi connectivity index (χ1) is 6.47. The molecule has 2 aromatic rings. The van der Waals surface area contributed by atoms with E-state index >= 15 is 0 Å². The van der Waals surface area contributed by atoms with Crippen molar-refractivity contribution in [1.29, 1.82) is 0 Å². The molecule has 0 aliphatic rings. The maximum atomic E-state index is 12.3. The van der Waals surface area contributed by atoms with Crippen LogP contribution in [0.15, 0.2) is 28.7 Å². The molecule has 14 heavy (non-hydrogen) atoms. The lowest BCUT2D eigenvalue weighted by Gasteiger charge is -2.08. The fourth-order valence-corrected chi connectivity index (χ4v) is 1.38. The van der Waals surface area contributed by atoms with Gasteiger partial charge in [-0.2, -0.15) is 0 Å². The topological polar surface area (TPSA) is 13.1 Å². The van der Waals surface area contributed by atoms with Crippen molar-refractivity contribution in [2.75, 3.05) is 0 Å². The van der Waals surface area contributed by atoms with Crippen LogP contribution in [-0.2, 0) is 0 Å². The van der Waals surface area contributed by atoms with Crippen molar-refractivity contribution in [2.24, 2.45) is 0 Å². The molecule has 0 aliphatic carbocycles. The maximum absolute atomic E-state index is 12.3. The molecule has 0 spiro atoms. The summed E-state index contributed by atoms with van der Waals surface area (Å²) in [5.74, 6) is 0. The van der Waals surface area contributed by atoms with Gasteiger partial charge in [0.15, 0.2) is 0 Å². The number of hydrogen-bond donors (Lipinski definition) is 0. The highest BCUT2D eigenvalue weighted by atomic mass is 35.5. The zero-order valence-corrected chi connectivity index (χ0v) is 7.56. The van der Waals surface area contributed by atoms with Crippen molar-refractivity contribution in [3.8, 4) is 0 Å². The van der Waals surface area contributed by atoms with E-state index in [2.05, 4.69) is 4.42 Å². The molecule has 0 N–H and O–H groups in total. The average Bonchev–Trinajstić information content (AvgIpc) is 2.45. The third-order valence-electron chi connectivity index (χ3n) is 1.82. The van der Waals surface area contributed by atoms with E-state index in [1.54, 1.807) is 0 Å². The van der Waals surface area contributed by atoms with Crippen LogP contribution in [0.5, 0.6) is 0 Å². The van der Waals surface area contributed by atoms with Gasteiger partial charge in [0.2, 0.25) is 0 Å². The second kappa shape index (κ2) is 2.95. The van der Waals surface area contributed by atoms with E-state index in [0.29, 0.717) is 10.4 Å². The van der Waals surface area contributed by atoms with E-state index < -0.39 is 12.6 Å². The van der Waals surface area contributed by atoms with E-state index in [4.69, 9.17) is 11.6 Å². The van der Waals surface area contributed by atoms with Crippen LogP contribution in [0.25, 0.3) is 11.0 Å². The van der Waals surface area contributed by atoms with Gasteiger partial charge in [-0.25, -0.2) is 0 Å². The lowest BCUT2D eigenvalue weighted by molar-refractivity contribution is 0.473. The normalized spacial score (nSPS) is 12.3. The van der Waals surface area contributed by atoms with E-state index in [-0.39, 0.29) is 5.58 Å². The Morgan fingerprint density at radius 3 is 2.50 bits per heavy atom. The minimum Gasteiger partial charge on any atom is -0.493 e. The average molecular weight is 219 g/mol. The molecule has 0 saturated heterocycles. The van der Waals surface area contributed by atoms with E-state index in [1.807, 2.05) is 0 Å². The minimum absolute atomic E-state index is 0.198. The molecular formula is C8H4BClF3O-. The molecule has 2 rings (SSSR count). The summed E-state index contributed by atoms with van der Waals surface area (Å²) in [7, 11) is 0. The summed E-state index contributed by atoms with van der Waals surface area (Å²) in [5.41, 5.74) is -0.745. The Hall–Kier alpha value is -1.10. The Morgan fingerprint density at radius 1 is 1.14 bits per heavy atom. The third-order valence-corrected chi connectivity index (χ3v) is 2.06. The molecule has 0 amide bonds. The van der Waals surface area contributed by atoms with Crippen LogP contribution in [0.4, 0.5) is 12.9 Å². The van der Waals surface area contributed by atoms with Gasteiger partial charge in [-0.3, -0.25) is 0 Å². The first-order valence-electron chi connectivity index (χ1n) is 3.86. The van der Waals surface area contributed by atoms with E-state index in [9.17, 15) is 12.9 Å². The summed E-state index contributed by atoms with van der Waals surface area (Å²) in [6.07, 6.45) is 0. The number of hydrogen-bond acceptors (Lipinski definition) is 1. The van der Waals surface area contributed by atoms with Gasteiger partial charge in [-0.1, -0.05) is 11.6 Å². The molecule has 0 bridgehead atoms. The summed E-state index contributed by atoms with van der Waals surface area (Å²) < 4.78 is 41.4. The van der Waals surface area contributed by atoms with Crippen LogP contribution >= 0.6 is 11.6 Å². The Labute approximate surface area is 82.5 Å². The fraction of sp³-hybridized carbons (Fsp3) is 0. The predicted octanol–water partition coefficient (Wildman–Crippen LogP) is 3.14. The first-order valence-corrected chi connectivity index (χ1v) is 4.23. The zero-order chi connectivity index (χ0) is 10.3.